The minimum absolute atomic E-state index is 0.0830. The first-order chi connectivity index (χ1) is 7.18. The molecule has 3 nitrogen and oxygen atoms in total. The molecule has 0 aromatic rings. The maximum atomic E-state index is 11.3. The number of hydrogen-bond donors (Lipinski definition) is 1. The van der Waals surface area contributed by atoms with Gasteiger partial charge in [0, 0.05) is 12.8 Å². The molecule has 15 heavy (non-hydrogen) atoms. The molecule has 2 atom stereocenters. The van der Waals surface area contributed by atoms with Gasteiger partial charge in [0.1, 0.15) is 6.10 Å². The Morgan fingerprint density at radius 1 is 1.40 bits per heavy atom. The Hall–Kier alpha value is -0.830. The summed E-state index contributed by atoms with van der Waals surface area (Å²) >= 11 is 0. The Labute approximate surface area is 91.1 Å². The number of carbonyl (C=O) groups excluding carboxylic acids is 1. The fraction of sp³-hybridized carbons (Fsp3) is 0.750. The molecule has 1 N–H and O–H groups in total. The second-order valence-corrected chi connectivity index (χ2v) is 4.13. The van der Waals surface area contributed by atoms with Gasteiger partial charge in [-0.3, -0.25) is 4.79 Å². The predicted octanol–water partition coefficient (Wildman–Crippen LogP) is 2.19. The van der Waals surface area contributed by atoms with E-state index < -0.39 is 0 Å². The monoisotopic (exact) mass is 212 g/mol. The van der Waals surface area contributed by atoms with Crippen LogP contribution in [-0.4, -0.2) is 23.3 Å². The Morgan fingerprint density at radius 2 is 2.20 bits per heavy atom. The van der Waals surface area contributed by atoms with Crippen LogP contribution >= 0.6 is 0 Å². The van der Waals surface area contributed by atoms with Crippen molar-refractivity contribution in [3.8, 4) is 0 Å². The first kappa shape index (κ1) is 12.2. The van der Waals surface area contributed by atoms with Crippen molar-refractivity contribution >= 4 is 5.97 Å². The van der Waals surface area contributed by atoms with Gasteiger partial charge >= 0.3 is 5.97 Å². The smallest absolute Gasteiger partial charge is 0.306 e. The number of rotatable bonds is 0. The average Bonchev–Trinajstić information content (AvgIpc) is 2.15. The molecule has 0 radical (unpaired) electrons. The second kappa shape index (κ2) is 6.62. The van der Waals surface area contributed by atoms with E-state index in [0.717, 1.165) is 25.7 Å². The third kappa shape index (κ3) is 5.57. The maximum Gasteiger partial charge on any atom is 0.306 e. The third-order valence-electron chi connectivity index (χ3n) is 2.54. The van der Waals surface area contributed by atoms with Gasteiger partial charge in [-0.2, -0.15) is 0 Å². The number of carbonyl (C=O) groups is 1. The molecule has 1 aliphatic rings. The van der Waals surface area contributed by atoms with Gasteiger partial charge in [0.15, 0.2) is 0 Å². The molecular weight excluding hydrogens is 192 g/mol. The summed E-state index contributed by atoms with van der Waals surface area (Å²) in [4.78, 5) is 11.3. The van der Waals surface area contributed by atoms with E-state index in [1.54, 1.807) is 6.08 Å². The summed E-state index contributed by atoms with van der Waals surface area (Å²) in [6.45, 7) is 1.88. The summed E-state index contributed by atoms with van der Waals surface area (Å²) in [6.07, 6.45) is 8.06. The quantitative estimate of drug-likeness (QED) is 0.494. The Morgan fingerprint density at radius 3 is 3.00 bits per heavy atom. The van der Waals surface area contributed by atoms with Gasteiger partial charge in [0.05, 0.1) is 6.10 Å². The number of cyclic esters (lactones) is 1. The van der Waals surface area contributed by atoms with Crippen molar-refractivity contribution in [2.45, 2.75) is 57.7 Å². The van der Waals surface area contributed by atoms with E-state index >= 15 is 0 Å². The molecule has 1 rings (SSSR count). The van der Waals surface area contributed by atoms with Crippen LogP contribution < -0.4 is 0 Å². The molecule has 0 spiro atoms. The van der Waals surface area contributed by atoms with Crippen LogP contribution in [0, 0.1) is 0 Å². The Balaban J connectivity index is 2.45. The van der Waals surface area contributed by atoms with Crippen LogP contribution in [0.5, 0.6) is 0 Å². The lowest BCUT2D eigenvalue weighted by atomic mass is 10.1. The predicted molar refractivity (Wildman–Crippen MR) is 58.4 cm³/mol. The zero-order valence-electron chi connectivity index (χ0n) is 9.32. The van der Waals surface area contributed by atoms with Gasteiger partial charge in [0.25, 0.3) is 0 Å². The molecule has 1 aliphatic heterocycles. The summed E-state index contributed by atoms with van der Waals surface area (Å²) in [6, 6.07) is 0. The zero-order valence-corrected chi connectivity index (χ0v) is 9.32. The highest BCUT2D eigenvalue weighted by Gasteiger charge is 2.09. The fourth-order valence-corrected chi connectivity index (χ4v) is 1.65. The van der Waals surface area contributed by atoms with Crippen LogP contribution in [0.2, 0.25) is 0 Å². The van der Waals surface area contributed by atoms with E-state index in [2.05, 4.69) is 0 Å². The van der Waals surface area contributed by atoms with E-state index in [0.29, 0.717) is 12.8 Å². The number of ether oxygens (including phenoxy) is 1. The summed E-state index contributed by atoms with van der Waals surface area (Å²) in [7, 11) is 0. The number of aliphatic hydroxyl groups excluding tert-OH is 1. The number of esters is 1. The summed E-state index contributed by atoms with van der Waals surface area (Å²) in [5.74, 6) is -0.1000. The Kier molecular flexibility index (Phi) is 5.40. The van der Waals surface area contributed by atoms with Gasteiger partial charge in [-0.05, 0) is 19.8 Å². The normalized spacial score (nSPS) is 32.3. The molecule has 0 saturated heterocycles. The highest BCUT2D eigenvalue weighted by Crippen LogP contribution is 2.11. The lowest BCUT2D eigenvalue weighted by molar-refractivity contribution is -0.148. The second-order valence-electron chi connectivity index (χ2n) is 4.13. The zero-order chi connectivity index (χ0) is 11.1. The van der Waals surface area contributed by atoms with Crippen LogP contribution in [0.3, 0.4) is 0 Å². The topological polar surface area (TPSA) is 46.5 Å². The van der Waals surface area contributed by atoms with Gasteiger partial charge in [-0.25, -0.2) is 0 Å². The fourth-order valence-electron chi connectivity index (χ4n) is 1.65. The molecule has 0 fully saturated rings. The number of hydrogen-bond acceptors (Lipinski definition) is 3. The van der Waals surface area contributed by atoms with E-state index in [4.69, 9.17) is 4.74 Å². The first-order valence-electron chi connectivity index (χ1n) is 5.72. The largest absolute Gasteiger partial charge is 0.462 e. The van der Waals surface area contributed by atoms with Gasteiger partial charge in [-0.1, -0.05) is 25.0 Å². The third-order valence-corrected chi connectivity index (χ3v) is 2.54. The molecule has 1 heterocycles. The molecule has 0 aromatic heterocycles. The molecular formula is C12H20O3. The van der Waals surface area contributed by atoms with E-state index in [-0.39, 0.29) is 18.2 Å². The maximum absolute atomic E-state index is 11.3. The molecule has 0 aromatic carbocycles. The molecule has 0 bridgehead atoms. The van der Waals surface area contributed by atoms with Crippen molar-refractivity contribution in [3.63, 3.8) is 0 Å². The van der Waals surface area contributed by atoms with Crippen molar-refractivity contribution in [3.05, 3.63) is 12.2 Å². The Bertz CT molecular complexity index is 223. The lowest BCUT2D eigenvalue weighted by Gasteiger charge is -2.13. The van der Waals surface area contributed by atoms with Crippen LogP contribution in [-0.2, 0) is 9.53 Å². The molecule has 0 amide bonds. The van der Waals surface area contributed by atoms with Gasteiger partial charge in [0.2, 0.25) is 0 Å². The number of aliphatic hydroxyl groups is 1. The minimum Gasteiger partial charge on any atom is -0.462 e. The molecule has 0 saturated carbocycles. The summed E-state index contributed by atoms with van der Waals surface area (Å²) < 4.78 is 5.19. The molecule has 0 aliphatic carbocycles. The summed E-state index contributed by atoms with van der Waals surface area (Å²) in [5.41, 5.74) is 0. The average molecular weight is 212 g/mol. The standard InChI is InChI=1S/C12H20O3/c1-10-6-5-8-11(13)7-3-2-4-9-12(14)15-10/h5,8,10-11,13H,2-4,6-7,9H2,1H3/b8-5+/t10-,11-/m1/s1. The highest BCUT2D eigenvalue weighted by molar-refractivity contribution is 5.69. The van der Waals surface area contributed by atoms with Gasteiger partial charge in [-0.15, -0.1) is 0 Å². The van der Waals surface area contributed by atoms with Crippen LogP contribution in [0.15, 0.2) is 12.2 Å². The molecule has 0 unspecified atom stereocenters. The van der Waals surface area contributed by atoms with Gasteiger partial charge < -0.3 is 9.84 Å². The van der Waals surface area contributed by atoms with E-state index in [1.165, 1.54) is 0 Å². The van der Waals surface area contributed by atoms with Crippen molar-refractivity contribution in [1.29, 1.82) is 0 Å². The lowest BCUT2D eigenvalue weighted by Crippen LogP contribution is -2.14. The van der Waals surface area contributed by atoms with E-state index in [1.807, 2.05) is 13.0 Å². The van der Waals surface area contributed by atoms with Crippen LogP contribution in [0.4, 0.5) is 0 Å². The molecule has 3 heteroatoms. The van der Waals surface area contributed by atoms with Crippen molar-refractivity contribution in [2.24, 2.45) is 0 Å². The minimum atomic E-state index is -0.340. The van der Waals surface area contributed by atoms with Crippen molar-refractivity contribution < 1.29 is 14.6 Å². The summed E-state index contributed by atoms with van der Waals surface area (Å²) in [5, 5.41) is 9.54. The first-order valence-corrected chi connectivity index (χ1v) is 5.72. The van der Waals surface area contributed by atoms with Crippen LogP contribution in [0.1, 0.15) is 45.4 Å². The molecule has 86 valence electrons. The van der Waals surface area contributed by atoms with Crippen molar-refractivity contribution in [1.82, 2.24) is 0 Å². The van der Waals surface area contributed by atoms with E-state index in [9.17, 15) is 9.90 Å². The van der Waals surface area contributed by atoms with Crippen molar-refractivity contribution in [2.75, 3.05) is 0 Å². The SMILES string of the molecule is C[C@@H]1C/C=C/[C@H](O)CCCCCC(=O)O1. The van der Waals surface area contributed by atoms with Crippen LogP contribution in [0.25, 0.3) is 0 Å². The highest BCUT2D eigenvalue weighted by atomic mass is 16.5.